The first kappa shape index (κ1) is 19.9. The van der Waals surface area contributed by atoms with E-state index in [4.69, 9.17) is 10.5 Å². The van der Waals surface area contributed by atoms with Crippen LogP contribution in [0.4, 0.5) is 0 Å². The van der Waals surface area contributed by atoms with E-state index >= 15 is 0 Å². The number of nitrogens with zero attached hydrogens (tertiary/aromatic N) is 2. The van der Waals surface area contributed by atoms with Gasteiger partial charge in [0.25, 0.3) is 0 Å². The normalized spacial score (nSPS) is 9.04. The molecule has 0 saturated heterocycles. The van der Waals surface area contributed by atoms with Gasteiger partial charge in [-0.15, -0.1) is 18.2 Å². The number of allylic oxidation sites excluding steroid dienone is 3. The SMILES string of the molecule is N#CC(C#N)=C(/C=C/c1ccccc1)[c-]1cccc1.[Fe+2].c1cc[cH-]c1. The summed E-state index contributed by atoms with van der Waals surface area (Å²) in [6, 6.07) is 31.2. The third-order valence-electron chi connectivity index (χ3n) is 3.26. The second kappa shape index (κ2) is 11.4. The molecule has 0 fully saturated rings. The Bertz CT molecular complexity index is 823. The van der Waals surface area contributed by atoms with Gasteiger partial charge in [-0.25, -0.2) is 22.7 Å². The summed E-state index contributed by atoms with van der Waals surface area (Å²) in [5.41, 5.74) is 2.68. The third kappa shape index (κ3) is 6.50. The number of nitriles is 2. The van der Waals surface area contributed by atoms with Gasteiger partial charge in [-0.1, -0.05) is 47.5 Å². The van der Waals surface area contributed by atoms with Crippen molar-refractivity contribution in [2.45, 2.75) is 0 Å². The summed E-state index contributed by atoms with van der Waals surface area (Å²) < 4.78 is 0. The van der Waals surface area contributed by atoms with Crippen molar-refractivity contribution in [1.29, 1.82) is 10.5 Å². The van der Waals surface area contributed by atoms with Gasteiger partial charge < -0.3 is 0 Å². The quantitative estimate of drug-likeness (QED) is 0.273. The molecular weight excluding hydrogens is 348 g/mol. The van der Waals surface area contributed by atoms with Gasteiger partial charge in [0.15, 0.2) is 0 Å². The van der Waals surface area contributed by atoms with Crippen LogP contribution in [0.15, 0.2) is 96.6 Å². The minimum atomic E-state index is 0. The standard InChI is InChI=1S/C17H11N2.C5H5.Fe/c18-12-16(13-19)17(15-8-4-5-9-15)11-10-14-6-2-1-3-7-14;1-2-4-5-3-1;/h1-11H;1-5H;/q2*-1;+2/b11-10+;;. The Morgan fingerprint density at radius 3 is 1.96 bits per heavy atom. The van der Waals surface area contributed by atoms with Gasteiger partial charge >= 0.3 is 17.1 Å². The van der Waals surface area contributed by atoms with Crippen molar-refractivity contribution in [3.05, 3.63) is 108 Å². The summed E-state index contributed by atoms with van der Waals surface area (Å²) in [6.45, 7) is 0. The van der Waals surface area contributed by atoms with Gasteiger partial charge in [0, 0.05) is 0 Å². The van der Waals surface area contributed by atoms with E-state index in [1.165, 1.54) is 0 Å². The summed E-state index contributed by atoms with van der Waals surface area (Å²) in [5.74, 6) is 0. The fraction of sp³-hybridized carbons (Fsp3) is 0. The van der Waals surface area contributed by atoms with Crippen LogP contribution >= 0.6 is 0 Å². The van der Waals surface area contributed by atoms with E-state index in [-0.39, 0.29) is 22.6 Å². The minimum Gasteiger partial charge on any atom is -0.214 e. The van der Waals surface area contributed by atoms with Crippen LogP contribution in [0.5, 0.6) is 0 Å². The van der Waals surface area contributed by atoms with E-state index in [2.05, 4.69) is 0 Å². The summed E-state index contributed by atoms with van der Waals surface area (Å²) in [5, 5.41) is 18.1. The maximum absolute atomic E-state index is 9.03. The van der Waals surface area contributed by atoms with Crippen LogP contribution in [0.3, 0.4) is 0 Å². The Morgan fingerprint density at radius 2 is 1.48 bits per heavy atom. The van der Waals surface area contributed by atoms with Crippen molar-refractivity contribution < 1.29 is 17.1 Å². The summed E-state index contributed by atoms with van der Waals surface area (Å²) in [7, 11) is 0. The smallest absolute Gasteiger partial charge is 0.214 e. The molecule has 3 heteroatoms. The van der Waals surface area contributed by atoms with E-state index < -0.39 is 0 Å². The molecule has 25 heavy (non-hydrogen) atoms. The number of rotatable bonds is 3. The van der Waals surface area contributed by atoms with E-state index in [1.54, 1.807) is 0 Å². The van der Waals surface area contributed by atoms with E-state index in [1.807, 2.05) is 109 Å². The first-order valence-corrected chi connectivity index (χ1v) is 7.51. The zero-order valence-electron chi connectivity index (χ0n) is 13.5. The topological polar surface area (TPSA) is 47.6 Å². The molecule has 0 N–H and O–H groups in total. The fourth-order valence-electron chi connectivity index (χ4n) is 2.09. The second-order valence-corrected chi connectivity index (χ2v) is 4.89. The number of hydrogen-bond donors (Lipinski definition) is 0. The fourth-order valence-corrected chi connectivity index (χ4v) is 2.09. The van der Waals surface area contributed by atoms with E-state index in [9.17, 15) is 0 Å². The maximum atomic E-state index is 9.03. The van der Waals surface area contributed by atoms with Gasteiger partial charge in [0.1, 0.15) is 0 Å². The Hall–Kier alpha value is -3.10. The molecule has 0 bridgehead atoms. The van der Waals surface area contributed by atoms with Crippen molar-refractivity contribution >= 4 is 11.6 Å². The number of benzene rings is 1. The van der Waals surface area contributed by atoms with Gasteiger partial charge in [-0.3, -0.25) is 0 Å². The zero-order chi connectivity index (χ0) is 17.0. The molecule has 3 rings (SSSR count). The van der Waals surface area contributed by atoms with Crippen molar-refractivity contribution in [2.24, 2.45) is 0 Å². The predicted molar refractivity (Wildman–Crippen MR) is 97.7 cm³/mol. The minimum absolute atomic E-state index is 0. The van der Waals surface area contributed by atoms with Crippen LogP contribution < -0.4 is 0 Å². The summed E-state index contributed by atoms with van der Waals surface area (Å²) in [4.78, 5) is 0. The molecule has 3 aromatic rings. The monoisotopic (exact) mass is 364 g/mol. The van der Waals surface area contributed by atoms with Gasteiger partial charge in [-0.2, -0.15) is 30.3 Å². The van der Waals surface area contributed by atoms with Crippen molar-refractivity contribution in [2.75, 3.05) is 0 Å². The molecule has 0 radical (unpaired) electrons. The second-order valence-electron chi connectivity index (χ2n) is 4.89. The van der Waals surface area contributed by atoms with Crippen LogP contribution in [0.2, 0.25) is 0 Å². The van der Waals surface area contributed by atoms with E-state index in [0.717, 1.165) is 11.1 Å². The van der Waals surface area contributed by atoms with Crippen LogP contribution in [-0.2, 0) is 17.1 Å². The molecule has 2 nitrogen and oxygen atoms in total. The van der Waals surface area contributed by atoms with Crippen LogP contribution in [0.1, 0.15) is 11.1 Å². The molecule has 0 heterocycles. The average Bonchev–Trinajstić information content (AvgIpc) is 3.36. The first-order valence-electron chi connectivity index (χ1n) is 7.51. The Morgan fingerprint density at radius 1 is 0.880 bits per heavy atom. The largest absolute Gasteiger partial charge is 2.00 e. The average molecular weight is 364 g/mol. The van der Waals surface area contributed by atoms with Gasteiger partial charge in [0.2, 0.25) is 0 Å². The van der Waals surface area contributed by atoms with Crippen molar-refractivity contribution in [3.63, 3.8) is 0 Å². The Labute approximate surface area is 159 Å². The van der Waals surface area contributed by atoms with Crippen LogP contribution in [0.25, 0.3) is 11.6 Å². The molecule has 0 unspecified atom stereocenters. The molecule has 0 aliphatic heterocycles. The van der Waals surface area contributed by atoms with Crippen LogP contribution in [-0.4, -0.2) is 0 Å². The Balaban J connectivity index is 0.000000448. The number of hydrogen-bond acceptors (Lipinski definition) is 2. The molecule has 0 aliphatic rings. The summed E-state index contributed by atoms with van der Waals surface area (Å²) >= 11 is 0. The molecule has 0 spiro atoms. The molecule has 0 atom stereocenters. The summed E-state index contributed by atoms with van der Waals surface area (Å²) in [6.07, 6.45) is 3.71. The molecule has 122 valence electrons. The first-order chi connectivity index (χ1) is 11.8. The van der Waals surface area contributed by atoms with Crippen molar-refractivity contribution in [3.8, 4) is 12.1 Å². The molecule has 3 aromatic carbocycles. The van der Waals surface area contributed by atoms with Crippen molar-refractivity contribution in [1.82, 2.24) is 0 Å². The van der Waals surface area contributed by atoms with Crippen LogP contribution in [0, 0.1) is 22.7 Å². The molecule has 0 aliphatic carbocycles. The zero-order valence-corrected chi connectivity index (χ0v) is 14.6. The molecule has 0 amide bonds. The third-order valence-corrected chi connectivity index (χ3v) is 3.26. The Kier molecular flexibility index (Phi) is 9.12. The predicted octanol–water partition coefficient (Wildman–Crippen LogP) is 5.32. The molecule has 0 aromatic heterocycles. The maximum Gasteiger partial charge on any atom is 2.00 e. The van der Waals surface area contributed by atoms with Gasteiger partial charge in [0.05, 0.1) is 17.7 Å². The molecular formula is C22H16FeN2. The molecule has 0 saturated carbocycles. The van der Waals surface area contributed by atoms with Gasteiger partial charge in [-0.05, 0) is 5.56 Å². The van der Waals surface area contributed by atoms with E-state index in [0.29, 0.717) is 5.57 Å².